The van der Waals surface area contributed by atoms with E-state index < -0.39 is 0 Å². The van der Waals surface area contributed by atoms with Gasteiger partial charge in [0.2, 0.25) is 0 Å². The van der Waals surface area contributed by atoms with Gasteiger partial charge in [0.15, 0.2) is 0 Å². The number of carbonyl (C=O) groups excluding carboxylic acids is 1. The standard InChI is InChI=1S/C20H40O/c1-5-6-7-8-9-10-11-12-13-14-15-16-17-20(21)19(4)18(2)3/h18-19H,5-17H2,1-4H3. The molecule has 0 saturated carbocycles. The van der Waals surface area contributed by atoms with Crippen molar-refractivity contribution in [1.82, 2.24) is 0 Å². The number of unbranched alkanes of at least 4 members (excludes halogenated alkanes) is 11. The number of hydrogen-bond donors (Lipinski definition) is 0. The van der Waals surface area contributed by atoms with E-state index in [2.05, 4.69) is 27.7 Å². The van der Waals surface area contributed by atoms with Crippen LogP contribution in [0.25, 0.3) is 0 Å². The van der Waals surface area contributed by atoms with Crippen molar-refractivity contribution < 1.29 is 4.79 Å². The number of carbonyl (C=O) groups is 1. The third kappa shape index (κ3) is 13.1. The Kier molecular flexibility index (Phi) is 14.4. The molecule has 0 fully saturated rings. The molecule has 0 spiro atoms. The van der Waals surface area contributed by atoms with Gasteiger partial charge in [-0.1, -0.05) is 98.3 Å². The van der Waals surface area contributed by atoms with E-state index in [0.29, 0.717) is 11.7 Å². The second kappa shape index (κ2) is 14.6. The van der Waals surface area contributed by atoms with Crippen LogP contribution < -0.4 is 0 Å². The summed E-state index contributed by atoms with van der Waals surface area (Å²) in [5.74, 6) is 1.21. The Balaban J connectivity index is 3.21. The largest absolute Gasteiger partial charge is 0.299 e. The molecule has 0 radical (unpaired) electrons. The molecule has 0 heterocycles. The van der Waals surface area contributed by atoms with Gasteiger partial charge < -0.3 is 0 Å². The fourth-order valence-corrected chi connectivity index (χ4v) is 2.74. The summed E-state index contributed by atoms with van der Waals surface area (Å²) in [6.45, 7) is 8.64. The van der Waals surface area contributed by atoms with E-state index in [1.807, 2.05) is 0 Å². The van der Waals surface area contributed by atoms with Crippen LogP contribution in [0.1, 0.15) is 111 Å². The van der Waals surface area contributed by atoms with E-state index in [9.17, 15) is 4.79 Å². The molecular formula is C20H40O. The number of rotatable bonds is 15. The molecule has 0 aliphatic heterocycles. The first-order chi connectivity index (χ1) is 10.1. The van der Waals surface area contributed by atoms with Crippen molar-refractivity contribution >= 4 is 5.78 Å². The van der Waals surface area contributed by atoms with Crippen LogP contribution in [0, 0.1) is 11.8 Å². The van der Waals surface area contributed by atoms with Crippen LogP contribution in [0.15, 0.2) is 0 Å². The highest BCUT2D eigenvalue weighted by molar-refractivity contribution is 5.80. The zero-order valence-electron chi connectivity index (χ0n) is 15.3. The van der Waals surface area contributed by atoms with Crippen LogP contribution >= 0.6 is 0 Å². The normalized spacial score (nSPS) is 12.8. The second-order valence-corrected chi connectivity index (χ2v) is 7.14. The smallest absolute Gasteiger partial charge is 0.135 e. The minimum Gasteiger partial charge on any atom is -0.299 e. The fraction of sp³-hybridized carbons (Fsp3) is 0.950. The first kappa shape index (κ1) is 20.7. The van der Waals surface area contributed by atoms with Crippen molar-refractivity contribution in [3.63, 3.8) is 0 Å². The number of hydrogen-bond acceptors (Lipinski definition) is 1. The maximum atomic E-state index is 11.9. The van der Waals surface area contributed by atoms with E-state index >= 15 is 0 Å². The van der Waals surface area contributed by atoms with Crippen LogP contribution in [-0.2, 0) is 4.79 Å². The quantitative estimate of drug-likeness (QED) is 0.299. The minimum absolute atomic E-state index is 0.248. The summed E-state index contributed by atoms with van der Waals surface area (Å²) in [5.41, 5.74) is 0. The summed E-state index contributed by atoms with van der Waals surface area (Å²) in [7, 11) is 0. The van der Waals surface area contributed by atoms with Gasteiger partial charge in [-0.15, -0.1) is 0 Å². The minimum atomic E-state index is 0.248. The molecule has 21 heavy (non-hydrogen) atoms. The van der Waals surface area contributed by atoms with E-state index in [4.69, 9.17) is 0 Å². The monoisotopic (exact) mass is 296 g/mol. The predicted octanol–water partition coefficient (Wildman–Crippen LogP) is 6.94. The highest BCUT2D eigenvalue weighted by atomic mass is 16.1. The molecule has 1 heteroatoms. The maximum Gasteiger partial charge on any atom is 0.135 e. The molecule has 0 aromatic rings. The summed E-state index contributed by atoms with van der Waals surface area (Å²) in [6.07, 6.45) is 17.1. The summed E-state index contributed by atoms with van der Waals surface area (Å²) in [5, 5.41) is 0. The molecule has 0 aliphatic rings. The van der Waals surface area contributed by atoms with Gasteiger partial charge >= 0.3 is 0 Å². The first-order valence-corrected chi connectivity index (χ1v) is 9.62. The molecule has 0 aromatic heterocycles. The summed E-state index contributed by atoms with van der Waals surface area (Å²) in [6, 6.07) is 0. The highest BCUT2D eigenvalue weighted by Crippen LogP contribution is 2.16. The van der Waals surface area contributed by atoms with Gasteiger partial charge in [-0.2, -0.15) is 0 Å². The zero-order chi connectivity index (χ0) is 15.9. The molecule has 0 rings (SSSR count). The van der Waals surface area contributed by atoms with Gasteiger partial charge in [-0.05, 0) is 12.3 Å². The molecule has 0 amide bonds. The second-order valence-electron chi connectivity index (χ2n) is 7.14. The average Bonchev–Trinajstić information content (AvgIpc) is 2.47. The molecule has 0 N–H and O–H groups in total. The van der Waals surface area contributed by atoms with E-state index in [0.717, 1.165) is 12.8 Å². The van der Waals surface area contributed by atoms with Crippen molar-refractivity contribution in [2.75, 3.05) is 0 Å². The fourth-order valence-electron chi connectivity index (χ4n) is 2.74. The molecule has 0 saturated heterocycles. The first-order valence-electron chi connectivity index (χ1n) is 9.62. The predicted molar refractivity (Wildman–Crippen MR) is 94.7 cm³/mol. The Morgan fingerprint density at radius 1 is 0.667 bits per heavy atom. The Hall–Kier alpha value is -0.330. The topological polar surface area (TPSA) is 17.1 Å². The van der Waals surface area contributed by atoms with Crippen LogP contribution in [0.2, 0.25) is 0 Å². The van der Waals surface area contributed by atoms with Gasteiger partial charge in [0, 0.05) is 12.3 Å². The van der Waals surface area contributed by atoms with Crippen molar-refractivity contribution in [2.24, 2.45) is 11.8 Å². The van der Waals surface area contributed by atoms with Crippen molar-refractivity contribution in [1.29, 1.82) is 0 Å². The van der Waals surface area contributed by atoms with E-state index in [1.165, 1.54) is 70.6 Å². The van der Waals surface area contributed by atoms with Crippen molar-refractivity contribution in [3.05, 3.63) is 0 Å². The molecule has 0 aromatic carbocycles. The average molecular weight is 297 g/mol. The maximum absolute atomic E-state index is 11.9. The molecule has 1 unspecified atom stereocenters. The van der Waals surface area contributed by atoms with Crippen LogP contribution in [-0.4, -0.2) is 5.78 Å². The van der Waals surface area contributed by atoms with Gasteiger partial charge in [0.1, 0.15) is 5.78 Å². The van der Waals surface area contributed by atoms with Crippen molar-refractivity contribution in [3.8, 4) is 0 Å². The van der Waals surface area contributed by atoms with Gasteiger partial charge in [-0.25, -0.2) is 0 Å². The lowest BCUT2D eigenvalue weighted by Crippen LogP contribution is -2.16. The van der Waals surface area contributed by atoms with E-state index in [1.54, 1.807) is 0 Å². The Morgan fingerprint density at radius 2 is 1.05 bits per heavy atom. The van der Waals surface area contributed by atoms with Gasteiger partial charge in [-0.3, -0.25) is 4.79 Å². The zero-order valence-corrected chi connectivity index (χ0v) is 15.3. The highest BCUT2D eigenvalue weighted by Gasteiger charge is 2.15. The third-order valence-electron chi connectivity index (χ3n) is 4.78. The van der Waals surface area contributed by atoms with Crippen molar-refractivity contribution in [2.45, 2.75) is 111 Å². The summed E-state index contributed by atoms with van der Waals surface area (Å²) in [4.78, 5) is 11.9. The van der Waals surface area contributed by atoms with E-state index in [-0.39, 0.29) is 5.92 Å². The molecule has 126 valence electrons. The summed E-state index contributed by atoms with van der Waals surface area (Å²) < 4.78 is 0. The lowest BCUT2D eigenvalue weighted by atomic mass is 9.91. The molecule has 0 bridgehead atoms. The molecule has 0 aliphatic carbocycles. The van der Waals surface area contributed by atoms with Gasteiger partial charge in [0.25, 0.3) is 0 Å². The lowest BCUT2D eigenvalue weighted by Gasteiger charge is -2.13. The third-order valence-corrected chi connectivity index (χ3v) is 4.78. The molecular weight excluding hydrogens is 256 g/mol. The summed E-state index contributed by atoms with van der Waals surface area (Å²) >= 11 is 0. The Morgan fingerprint density at radius 3 is 1.43 bits per heavy atom. The van der Waals surface area contributed by atoms with Crippen LogP contribution in [0.4, 0.5) is 0 Å². The number of Topliss-reactive ketones (excluding diaryl/α,β-unsaturated/α-hetero) is 1. The lowest BCUT2D eigenvalue weighted by molar-refractivity contribution is -0.123. The van der Waals surface area contributed by atoms with Gasteiger partial charge in [0.05, 0.1) is 0 Å². The Labute approximate surface area is 134 Å². The molecule has 1 atom stereocenters. The van der Waals surface area contributed by atoms with Crippen LogP contribution in [0.5, 0.6) is 0 Å². The van der Waals surface area contributed by atoms with Crippen LogP contribution in [0.3, 0.4) is 0 Å². The number of ketones is 1. The Bertz CT molecular complexity index is 232. The molecule has 1 nitrogen and oxygen atoms in total. The SMILES string of the molecule is CCCCCCCCCCCCCCC(=O)C(C)C(C)C.